The van der Waals surface area contributed by atoms with Gasteiger partial charge in [0, 0.05) is 25.6 Å². The van der Waals surface area contributed by atoms with E-state index in [1.165, 1.54) is 5.56 Å². The van der Waals surface area contributed by atoms with E-state index in [0.29, 0.717) is 13.1 Å². The van der Waals surface area contributed by atoms with Crippen molar-refractivity contribution < 1.29 is 9.59 Å². The highest BCUT2D eigenvalue weighted by Gasteiger charge is 2.29. The molecule has 1 N–H and O–H groups in total. The Kier molecular flexibility index (Phi) is 6.20. The Balaban J connectivity index is 1.84. The fourth-order valence-corrected chi connectivity index (χ4v) is 3.05. The molecule has 0 aromatic heterocycles. The fraction of sp³-hybridized carbons (Fsp3) is 0.579. The smallest absolute Gasteiger partial charge is 0.225 e. The number of hydrogen-bond acceptors (Lipinski definition) is 2. The van der Waals surface area contributed by atoms with Crippen LogP contribution in [-0.4, -0.2) is 36.3 Å². The molecule has 1 aromatic carbocycles. The molecule has 0 saturated carbocycles. The number of nitrogens with zero attached hydrogens (tertiary/aromatic N) is 1. The van der Waals surface area contributed by atoms with E-state index in [2.05, 4.69) is 24.4 Å². The third-order valence-electron chi connectivity index (χ3n) is 4.55. The maximum atomic E-state index is 12.4. The molecule has 23 heavy (non-hydrogen) atoms. The number of likely N-dealkylation sites (tertiary alicyclic amines) is 1. The zero-order chi connectivity index (χ0) is 16.8. The Hall–Kier alpha value is -1.84. The molecule has 0 bridgehead atoms. The largest absolute Gasteiger partial charge is 0.355 e. The first-order valence-electron chi connectivity index (χ1n) is 8.60. The second-order valence-corrected chi connectivity index (χ2v) is 6.83. The third kappa shape index (κ3) is 4.81. The monoisotopic (exact) mass is 316 g/mol. The van der Waals surface area contributed by atoms with Crippen LogP contribution in [-0.2, 0) is 9.59 Å². The molecule has 126 valence electrons. The van der Waals surface area contributed by atoms with Crippen LogP contribution in [0.15, 0.2) is 30.3 Å². The lowest BCUT2D eigenvalue weighted by atomic mass is 9.95. The molecule has 2 amide bonds. The van der Waals surface area contributed by atoms with E-state index in [1.807, 2.05) is 36.9 Å². The molecule has 4 heteroatoms. The number of hydrogen-bond donors (Lipinski definition) is 1. The van der Waals surface area contributed by atoms with Gasteiger partial charge in [0.15, 0.2) is 0 Å². The Labute approximate surface area is 139 Å². The first-order valence-corrected chi connectivity index (χ1v) is 8.60. The van der Waals surface area contributed by atoms with Gasteiger partial charge in [0.05, 0.1) is 5.92 Å². The normalized spacial score (nSPS) is 19.5. The van der Waals surface area contributed by atoms with Crippen LogP contribution in [0, 0.1) is 11.8 Å². The van der Waals surface area contributed by atoms with Crippen LogP contribution in [0.3, 0.4) is 0 Å². The molecule has 0 aliphatic carbocycles. The van der Waals surface area contributed by atoms with Gasteiger partial charge in [-0.1, -0.05) is 51.1 Å². The maximum absolute atomic E-state index is 12.4. The van der Waals surface area contributed by atoms with Crippen molar-refractivity contribution in [1.29, 1.82) is 0 Å². The molecule has 4 nitrogen and oxygen atoms in total. The Bertz CT molecular complexity index is 527. The molecule has 1 aliphatic heterocycles. The predicted octanol–water partition coefficient (Wildman–Crippen LogP) is 2.80. The predicted molar refractivity (Wildman–Crippen MR) is 92.0 cm³/mol. The summed E-state index contributed by atoms with van der Waals surface area (Å²) in [5, 5.41) is 3.06. The number of rotatable bonds is 5. The molecular formula is C19H28N2O2. The van der Waals surface area contributed by atoms with Gasteiger partial charge in [0.2, 0.25) is 11.8 Å². The molecule has 1 aliphatic rings. The Morgan fingerprint density at radius 2 is 1.91 bits per heavy atom. The van der Waals surface area contributed by atoms with Crippen molar-refractivity contribution in [3.63, 3.8) is 0 Å². The number of nitrogens with one attached hydrogen (secondary N) is 1. The van der Waals surface area contributed by atoms with Gasteiger partial charge >= 0.3 is 0 Å². The maximum Gasteiger partial charge on any atom is 0.225 e. The minimum absolute atomic E-state index is 0.00471. The first-order chi connectivity index (χ1) is 11.0. The second-order valence-electron chi connectivity index (χ2n) is 6.83. The molecule has 2 atom stereocenters. The van der Waals surface area contributed by atoms with Gasteiger partial charge in [-0.25, -0.2) is 0 Å². The lowest BCUT2D eigenvalue weighted by Crippen LogP contribution is -2.47. The van der Waals surface area contributed by atoms with Crippen molar-refractivity contribution in [1.82, 2.24) is 10.2 Å². The zero-order valence-corrected chi connectivity index (χ0v) is 14.4. The number of carbonyl (C=O) groups excluding carboxylic acids is 2. The highest BCUT2D eigenvalue weighted by molar-refractivity contribution is 5.82. The van der Waals surface area contributed by atoms with E-state index in [4.69, 9.17) is 0 Å². The number of benzene rings is 1. The zero-order valence-electron chi connectivity index (χ0n) is 14.4. The average Bonchev–Trinajstić information content (AvgIpc) is 2.59. The standard InChI is InChI=1S/C19H28N2O2/c1-14(2)19(23)21-11-7-10-17(13-21)18(22)20-12-15(3)16-8-5-4-6-9-16/h4-6,8-9,14-15,17H,7,10-13H2,1-3H3,(H,20,22)/t15-,17+/m0/s1. The van der Waals surface area contributed by atoms with E-state index in [1.54, 1.807) is 0 Å². The summed E-state index contributed by atoms with van der Waals surface area (Å²) >= 11 is 0. The summed E-state index contributed by atoms with van der Waals surface area (Å²) in [6, 6.07) is 10.2. The van der Waals surface area contributed by atoms with Gasteiger partial charge in [0.1, 0.15) is 0 Å². The van der Waals surface area contributed by atoms with E-state index in [-0.39, 0.29) is 29.6 Å². The van der Waals surface area contributed by atoms with Gasteiger partial charge in [-0.05, 0) is 24.3 Å². The van der Waals surface area contributed by atoms with Gasteiger partial charge in [-0.15, -0.1) is 0 Å². The van der Waals surface area contributed by atoms with Crippen molar-refractivity contribution in [2.75, 3.05) is 19.6 Å². The minimum Gasteiger partial charge on any atom is -0.355 e. The van der Waals surface area contributed by atoms with Gasteiger partial charge in [0.25, 0.3) is 0 Å². The first kappa shape index (κ1) is 17.5. The number of carbonyl (C=O) groups is 2. The van der Waals surface area contributed by atoms with Crippen LogP contribution in [0.4, 0.5) is 0 Å². The molecule has 0 unspecified atom stereocenters. The average molecular weight is 316 g/mol. The molecule has 1 aromatic rings. The number of piperidine rings is 1. The van der Waals surface area contributed by atoms with Crippen molar-refractivity contribution >= 4 is 11.8 Å². The van der Waals surface area contributed by atoms with Crippen LogP contribution < -0.4 is 5.32 Å². The van der Waals surface area contributed by atoms with E-state index in [0.717, 1.165) is 19.4 Å². The fourth-order valence-electron chi connectivity index (χ4n) is 3.05. The molecule has 1 saturated heterocycles. The highest BCUT2D eigenvalue weighted by Crippen LogP contribution is 2.19. The van der Waals surface area contributed by atoms with Gasteiger partial charge < -0.3 is 10.2 Å². The van der Waals surface area contributed by atoms with Gasteiger partial charge in [-0.3, -0.25) is 9.59 Å². The van der Waals surface area contributed by atoms with E-state index in [9.17, 15) is 9.59 Å². The SMILES string of the molecule is CC(C)C(=O)N1CCC[C@@H](C(=O)NC[C@H](C)c2ccccc2)C1. The summed E-state index contributed by atoms with van der Waals surface area (Å²) in [7, 11) is 0. The van der Waals surface area contributed by atoms with Crippen LogP contribution in [0.1, 0.15) is 45.1 Å². The second kappa shape index (κ2) is 8.14. The molecule has 2 rings (SSSR count). The van der Waals surface area contributed by atoms with E-state index >= 15 is 0 Å². The van der Waals surface area contributed by atoms with Crippen LogP contribution >= 0.6 is 0 Å². The van der Waals surface area contributed by atoms with Crippen LogP contribution in [0.2, 0.25) is 0 Å². The Morgan fingerprint density at radius 3 is 2.57 bits per heavy atom. The van der Waals surface area contributed by atoms with Gasteiger partial charge in [-0.2, -0.15) is 0 Å². The van der Waals surface area contributed by atoms with Crippen LogP contribution in [0.5, 0.6) is 0 Å². The summed E-state index contributed by atoms with van der Waals surface area (Å²) in [6.45, 7) is 7.91. The third-order valence-corrected chi connectivity index (χ3v) is 4.55. The van der Waals surface area contributed by atoms with Crippen molar-refractivity contribution in [3.8, 4) is 0 Å². The lowest BCUT2D eigenvalue weighted by molar-refractivity contribution is -0.138. The van der Waals surface area contributed by atoms with Crippen LogP contribution in [0.25, 0.3) is 0 Å². The summed E-state index contributed by atoms with van der Waals surface area (Å²) in [5.74, 6) is 0.440. The quantitative estimate of drug-likeness (QED) is 0.908. The summed E-state index contributed by atoms with van der Waals surface area (Å²) < 4.78 is 0. The molecule has 1 heterocycles. The van der Waals surface area contributed by atoms with Crippen molar-refractivity contribution in [2.45, 2.75) is 39.5 Å². The molecule has 0 spiro atoms. The molecule has 1 fully saturated rings. The Morgan fingerprint density at radius 1 is 1.22 bits per heavy atom. The molecule has 0 radical (unpaired) electrons. The van der Waals surface area contributed by atoms with E-state index < -0.39 is 0 Å². The summed E-state index contributed by atoms with van der Waals surface area (Å²) in [6.07, 6.45) is 1.78. The van der Waals surface area contributed by atoms with Crippen molar-refractivity contribution in [2.24, 2.45) is 11.8 Å². The summed E-state index contributed by atoms with van der Waals surface area (Å²) in [4.78, 5) is 26.4. The molecular weight excluding hydrogens is 288 g/mol. The lowest BCUT2D eigenvalue weighted by Gasteiger charge is -2.33. The minimum atomic E-state index is -0.0746. The number of amides is 2. The summed E-state index contributed by atoms with van der Waals surface area (Å²) in [5.41, 5.74) is 1.23. The van der Waals surface area contributed by atoms with Crippen molar-refractivity contribution in [3.05, 3.63) is 35.9 Å². The topological polar surface area (TPSA) is 49.4 Å². The highest BCUT2D eigenvalue weighted by atomic mass is 16.2.